The zero-order valence-electron chi connectivity index (χ0n) is 21.5. The van der Waals surface area contributed by atoms with Gasteiger partial charge in [-0.25, -0.2) is 13.8 Å². The standard InChI is InChI=1S/C30H35F4NO2/c1-3-4-18-6-8-19(9-7-18)20-10-12-21(13-11-20)26-23(31)16-22(28(27(26)32)37-30(33)34)29-35-24-15-17(2)5-14-25(24)36-29/h5,14-16,18-21,30H,3-4,6-13H2,1-2H3/t18-,19-,20?,21?. The van der Waals surface area contributed by atoms with Crippen molar-refractivity contribution >= 4 is 11.1 Å². The van der Waals surface area contributed by atoms with Crippen molar-refractivity contribution in [2.45, 2.75) is 90.6 Å². The first-order valence-corrected chi connectivity index (χ1v) is 13.7. The van der Waals surface area contributed by atoms with Gasteiger partial charge in [-0.05, 0) is 92.9 Å². The van der Waals surface area contributed by atoms with Crippen LogP contribution in [0, 0.1) is 36.3 Å². The van der Waals surface area contributed by atoms with Crippen LogP contribution in [0.4, 0.5) is 17.6 Å². The first-order chi connectivity index (χ1) is 17.8. The summed E-state index contributed by atoms with van der Waals surface area (Å²) in [5.74, 6) is -0.955. The van der Waals surface area contributed by atoms with Crippen molar-refractivity contribution in [2.75, 3.05) is 0 Å². The molecule has 2 saturated carbocycles. The van der Waals surface area contributed by atoms with Crippen LogP contribution in [0.1, 0.15) is 88.2 Å². The molecular weight excluding hydrogens is 482 g/mol. The van der Waals surface area contributed by atoms with Gasteiger partial charge in [0, 0.05) is 5.56 Å². The number of ether oxygens (including phenoxy) is 1. The lowest BCUT2D eigenvalue weighted by Crippen LogP contribution is -2.26. The van der Waals surface area contributed by atoms with Crippen LogP contribution >= 0.6 is 0 Å². The van der Waals surface area contributed by atoms with Crippen molar-refractivity contribution < 1.29 is 26.7 Å². The minimum absolute atomic E-state index is 0.150. The number of aryl methyl sites for hydroxylation is 1. The number of aromatic nitrogens is 1. The number of nitrogens with zero attached hydrogens (tertiary/aromatic N) is 1. The minimum atomic E-state index is -3.27. The predicted molar refractivity (Wildman–Crippen MR) is 136 cm³/mol. The van der Waals surface area contributed by atoms with Gasteiger partial charge in [0.25, 0.3) is 0 Å². The molecule has 7 heteroatoms. The summed E-state index contributed by atoms with van der Waals surface area (Å²) in [6, 6.07) is 6.29. The van der Waals surface area contributed by atoms with E-state index >= 15 is 8.78 Å². The van der Waals surface area contributed by atoms with Crippen molar-refractivity contribution in [1.82, 2.24) is 4.98 Å². The average Bonchev–Trinajstić information content (AvgIpc) is 3.29. The van der Waals surface area contributed by atoms with Gasteiger partial charge in [-0.1, -0.05) is 38.7 Å². The summed E-state index contributed by atoms with van der Waals surface area (Å²) in [6.45, 7) is 0.848. The van der Waals surface area contributed by atoms with Gasteiger partial charge < -0.3 is 9.15 Å². The topological polar surface area (TPSA) is 35.3 Å². The molecule has 0 spiro atoms. The van der Waals surface area contributed by atoms with Gasteiger partial charge in [-0.15, -0.1) is 0 Å². The lowest BCUT2D eigenvalue weighted by Gasteiger charge is -2.38. The van der Waals surface area contributed by atoms with Crippen LogP contribution < -0.4 is 4.74 Å². The van der Waals surface area contributed by atoms with Crippen molar-refractivity contribution in [3.8, 4) is 17.2 Å². The molecule has 3 aromatic rings. The summed E-state index contributed by atoms with van der Waals surface area (Å²) in [5.41, 5.74) is 1.40. The highest BCUT2D eigenvalue weighted by Crippen LogP contribution is 2.47. The fourth-order valence-corrected chi connectivity index (χ4v) is 6.74. The fraction of sp³-hybridized carbons (Fsp3) is 0.567. The summed E-state index contributed by atoms with van der Waals surface area (Å²) < 4.78 is 68.1. The Balaban J connectivity index is 1.38. The van der Waals surface area contributed by atoms with E-state index in [4.69, 9.17) is 4.42 Å². The van der Waals surface area contributed by atoms with E-state index in [-0.39, 0.29) is 22.9 Å². The molecule has 0 amide bonds. The number of fused-ring (bicyclic) bond motifs is 1. The maximum Gasteiger partial charge on any atom is 0.387 e. The van der Waals surface area contributed by atoms with Gasteiger partial charge in [0.2, 0.25) is 5.89 Å². The van der Waals surface area contributed by atoms with E-state index in [1.807, 2.05) is 13.0 Å². The zero-order valence-corrected chi connectivity index (χ0v) is 21.5. The lowest BCUT2D eigenvalue weighted by molar-refractivity contribution is -0.0520. The average molecular weight is 518 g/mol. The van der Waals surface area contributed by atoms with Crippen LogP contribution in [0.25, 0.3) is 22.6 Å². The Hall–Kier alpha value is -2.57. The van der Waals surface area contributed by atoms with Gasteiger partial charge in [0.1, 0.15) is 11.3 Å². The Bertz CT molecular complexity index is 1220. The van der Waals surface area contributed by atoms with Crippen molar-refractivity contribution in [2.24, 2.45) is 17.8 Å². The van der Waals surface area contributed by atoms with Gasteiger partial charge in [-0.3, -0.25) is 0 Å². The molecule has 2 fully saturated rings. The fourth-order valence-electron chi connectivity index (χ4n) is 6.74. The SMILES string of the molecule is CCC[C@H]1CC[C@H](C2CCC(c3c(F)cc(-c4nc5cc(C)ccc5o4)c(OC(F)F)c3F)CC2)CC1. The third-order valence-corrected chi connectivity index (χ3v) is 8.62. The molecule has 0 bridgehead atoms. The maximum absolute atomic E-state index is 15.7. The largest absolute Gasteiger partial charge is 0.436 e. The summed E-state index contributed by atoms with van der Waals surface area (Å²) in [5, 5.41) is 0. The molecule has 1 aromatic heterocycles. The second kappa shape index (κ2) is 11.0. The maximum atomic E-state index is 15.7. The lowest BCUT2D eigenvalue weighted by atomic mass is 9.68. The van der Waals surface area contributed by atoms with E-state index in [0.29, 0.717) is 35.8 Å². The molecule has 2 aromatic carbocycles. The van der Waals surface area contributed by atoms with Crippen LogP contribution in [-0.2, 0) is 0 Å². The Labute approximate surface area is 215 Å². The van der Waals surface area contributed by atoms with Crippen molar-refractivity contribution in [3.05, 3.63) is 47.0 Å². The molecule has 0 radical (unpaired) electrons. The molecule has 0 aliphatic heterocycles. The van der Waals surface area contributed by atoms with Gasteiger partial charge >= 0.3 is 6.61 Å². The third kappa shape index (κ3) is 5.51. The zero-order chi connectivity index (χ0) is 26.1. The van der Waals surface area contributed by atoms with Gasteiger partial charge in [0.05, 0.1) is 5.56 Å². The Morgan fingerprint density at radius 2 is 1.65 bits per heavy atom. The molecule has 200 valence electrons. The number of halogens is 4. The van der Waals surface area contributed by atoms with E-state index in [1.54, 1.807) is 12.1 Å². The van der Waals surface area contributed by atoms with Crippen LogP contribution in [0.3, 0.4) is 0 Å². The predicted octanol–water partition coefficient (Wildman–Crippen LogP) is 9.56. The number of rotatable bonds is 7. The highest BCUT2D eigenvalue weighted by atomic mass is 19.3. The highest BCUT2D eigenvalue weighted by Gasteiger charge is 2.35. The van der Waals surface area contributed by atoms with Crippen LogP contribution in [0.5, 0.6) is 5.75 Å². The molecule has 3 nitrogen and oxygen atoms in total. The quantitative estimate of drug-likeness (QED) is 0.293. The summed E-state index contributed by atoms with van der Waals surface area (Å²) in [6.07, 6.45) is 10.7. The second-order valence-corrected chi connectivity index (χ2v) is 11.0. The monoisotopic (exact) mass is 517 g/mol. The van der Waals surface area contributed by atoms with Gasteiger partial charge in [0.15, 0.2) is 17.1 Å². The molecule has 1 heterocycles. The third-order valence-electron chi connectivity index (χ3n) is 8.62. The smallest absolute Gasteiger partial charge is 0.387 e. The Morgan fingerprint density at radius 3 is 2.30 bits per heavy atom. The number of oxazole rings is 1. The molecule has 2 aliphatic carbocycles. The van der Waals surface area contributed by atoms with E-state index in [9.17, 15) is 8.78 Å². The van der Waals surface area contributed by atoms with E-state index < -0.39 is 24.0 Å². The Morgan fingerprint density at radius 1 is 0.973 bits per heavy atom. The summed E-state index contributed by atoms with van der Waals surface area (Å²) in [4.78, 5) is 4.29. The van der Waals surface area contributed by atoms with E-state index in [0.717, 1.165) is 30.4 Å². The molecule has 37 heavy (non-hydrogen) atoms. The number of alkyl halides is 2. The van der Waals surface area contributed by atoms with Crippen LogP contribution in [-0.4, -0.2) is 11.6 Å². The van der Waals surface area contributed by atoms with Crippen LogP contribution in [0.2, 0.25) is 0 Å². The Kier molecular flexibility index (Phi) is 7.77. The number of benzene rings is 2. The molecule has 0 unspecified atom stereocenters. The minimum Gasteiger partial charge on any atom is -0.436 e. The van der Waals surface area contributed by atoms with Crippen molar-refractivity contribution in [1.29, 1.82) is 0 Å². The van der Waals surface area contributed by atoms with Gasteiger partial charge in [-0.2, -0.15) is 8.78 Å². The van der Waals surface area contributed by atoms with E-state index in [1.165, 1.54) is 38.5 Å². The number of hydrogen-bond acceptors (Lipinski definition) is 3. The van der Waals surface area contributed by atoms with E-state index in [2.05, 4.69) is 16.6 Å². The molecule has 2 aliphatic rings. The van der Waals surface area contributed by atoms with Crippen LogP contribution in [0.15, 0.2) is 28.7 Å². The summed E-state index contributed by atoms with van der Waals surface area (Å²) in [7, 11) is 0. The second-order valence-electron chi connectivity index (χ2n) is 11.0. The first kappa shape index (κ1) is 26.1. The van der Waals surface area contributed by atoms with Crippen molar-refractivity contribution in [3.63, 3.8) is 0 Å². The summed E-state index contributed by atoms with van der Waals surface area (Å²) >= 11 is 0. The molecule has 5 rings (SSSR count). The first-order valence-electron chi connectivity index (χ1n) is 13.7. The normalized spacial score (nSPS) is 24.6. The molecular formula is C30H35F4NO2. The number of hydrogen-bond donors (Lipinski definition) is 0. The molecule has 0 N–H and O–H groups in total. The molecule has 0 saturated heterocycles. The molecule has 0 atom stereocenters. The highest BCUT2D eigenvalue weighted by molar-refractivity contribution is 5.78.